The number of rotatable bonds is 3. The fourth-order valence-electron chi connectivity index (χ4n) is 2.23. The minimum atomic E-state index is -0.311. The van der Waals surface area contributed by atoms with Gasteiger partial charge in [-0.3, -0.25) is 4.79 Å². The summed E-state index contributed by atoms with van der Waals surface area (Å²) in [6.45, 7) is 2.01. The first-order chi connectivity index (χ1) is 11.5. The average molecular weight is 404 g/mol. The van der Waals surface area contributed by atoms with Gasteiger partial charge >= 0.3 is 0 Å². The number of hydrogen-bond donors (Lipinski definition) is 1. The summed E-state index contributed by atoms with van der Waals surface area (Å²) in [5.41, 5.74) is 2.55. The van der Waals surface area contributed by atoms with E-state index in [-0.39, 0.29) is 11.7 Å². The number of carbonyl (C=O) groups excluding carboxylic acids is 1. The van der Waals surface area contributed by atoms with Crippen LogP contribution in [0.25, 0.3) is 6.08 Å². The predicted octanol–water partition coefficient (Wildman–Crippen LogP) is 4.53. The number of phenols is 1. The Hall–Kier alpha value is -2.05. The number of halogens is 1. The fourth-order valence-corrected chi connectivity index (χ4v) is 3.59. The van der Waals surface area contributed by atoms with Crippen molar-refractivity contribution < 1.29 is 14.6 Å². The second kappa shape index (κ2) is 6.83. The highest BCUT2D eigenvalue weighted by Gasteiger charge is 2.23. The van der Waals surface area contributed by atoms with Gasteiger partial charge in [-0.05, 0) is 25.1 Å². The van der Waals surface area contributed by atoms with Crippen LogP contribution in [0.15, 0.2) is 50.8 Å². The second-order valence-electron chi connectivity index (χ2n) is 5.24. The van der Waals surface area contributed by atoms with E-state index in [1.165, 1.54) is 18.9 Å². The van der Waals surface area contributed by atoms with Crippen LogP contribution in [0, 0.1) is 6.92 Å². The number of aliphatic imine (C=N–C) groups is 1. The van der Waals surface area contributed by atoms with Crippen LogP contribution >= 0.6 is 27.7 Å². The van der Waals surface area contributed by atoms with E-state index in [2.05, 4.69) is 20.9 Å². The van der Waals surface area contributed by atoms with Gasteiger partial charge in [0.1, 0.15) is 5.04 Å². The summed E-state index contributed by atoms with van der Waals surface area (Å²) in [4.78, 5) is 16.7. The predicted molar refractivity (Wildman–Crippen MR) is 101 cm³/mol. The molecule has 122 valence electrons. The van der Waals surface area contributed by atoms with Crippen LogP contribution in [0.4, 0.5) is 0 Å². The standard InChI is InChI=1S/C18H14BrNO3S/c1-10-3-5-11(6-4-10)18-20-17(22)15(24-18)8-12-7-13(19)9-14(23-2)16(12)21/h3-9,21H,1-2H3. The monoisotopic (exact) mass is 403 g/mol. The lowest BCUT2D eigenvalue weighted by atomic mass is 10.1. The maximum atomic E-state index is 12.2. The highest BCUT2D eigenvalue weighted by Crippen LogP contribution is 2.38. The molecule has 3 rings (SSSR count). The first-order valence-corrected chi connectivity index (χ1v) is 8.75. The summed E-state index contributed by atoms with van der Waals surface area (Å²) < 4.78 is 5.88. The molecular formula is C18H14BrNO3S. The highest BCUT2D eigenvalue weighted by molar-refractivity contribution is 9.10. The SMILES string of the molecule is COc1cc(Br)cc(C=C2SC(c3ccc(C)cc3)=NC2=O)c1O. The molecule has 6 heteroatoms. The second-order valence-corrected chi connectivity index (χ2v) is 7.19. The van der Waals surface area contributed by atoms with E-state index in [0.717, 1.165) is 15.6 Å². The molecule has 1 N–H and O–H groups in total. The Bertz CT molecular complexity index is 873. The van der Waals surface area contributed by atoms with Crippen molar-refractivity contribution >= 4 is 44.7 Å². The van der Waals surface area contributed by atoms with Gasteiger partial charge < -0.3 is 9.84 Å². The Morgan fingerprint density at radius 3 is 2.62 bits per heavy atom. The third-order valence-electron chi connectivity index (χ3n) is 3.49. The minimum absolute atomic E-state index is 0.00890. The molecule has 1 aliphatic heterocycles. The largest absolute Gasteiger partial charge is 0.504 e. The average Bonchev–Trinajstić information content (AvgIpc) is 2.92. The van der Waals surface area contributed by atoms with Gasteiger partial charge in [0.2, 0.25) is 0 Å². The van der Waals surface area contributed by atoms with Gasteiger partial charge in [0.05, 0.1) is 12.0 Å². The van der Waals surface area contributed by atoms with Gasteiger partial charge in [0, 0.05) is 15.6 Å². The number of ether oxygens (including phenoxy) is 1. The Morgan fingerprint density at radius 1 is 1.25 bits per heavy atom. The third-order valence-corrected chi connectivity index (χ3v) is 4.99. The Kier molecular flexibility index (Phi) is 4.78. The van der Waals surface area contributed by atoms with Crippen molar-refractivity contribution in [3.8, 4) is 11.5 Å². The Balaban J connectivity index is 1.93. The Morgan fingerprint density at radius 2 is 1.96 bits per heavy atom. The minimum Gasteiger partial charge on any atom is -0.504 e. The zero-order valence-corrected chi connectivity index (χ0v) is 15.4. The van der Waals surface area contributed by atoms with Gasteiger partial charge in [-0.15, -0.1) is 0 Å². The van der Waals surface area contributed by atoms with E-state index in [4.69, 9.17) is 4.74 Å². The van der Waals surface area contributed by atoms with Gasteiger partial charge in [0.25, 0.3) is 5.91 Å². The fraction of sp³-hybridized carbons (Fsp3) is 0.111. The molecule has 24 heavy (non-hydrogen) atoms. The summed E-state index contributed by atoms with van der Waals surface area (Å²) in [5.74, 6) is 0.0191. The molecule has 1 heterocycles. The molecular weight excluding hydrogens is 390 g/mol. The smallest absolute Gasteiger partial charge is 0.284 e. The van der Waals surface area contributed by atoms with E-state index in [1.54, 1.807) is 18.2 Å². The van der Waals surface area contributed by atoms with Crippen LogP contribution in [0.1, 0.15) is 16.7 Å². The van der Waals surface area contributed by atoms with Gasteiger partial charge in [0.15, 0.2) is 11.5 Å². The number of carbonyl (C=O) groups is 1. The van der Waals surface area contributed by atoms with Crippen molar-refractivity contribution in [3.63, 3.8) is 0 Å². The zero-order valence-electron chi connectivity index (χ0n) is 13.0. The van der Waals surface area contributed by atoms with Crippen LogP contribution < -0.4 is 4.74 Å². The number of aromatic hydroxyl groups is 1. The molecule has 0 aliphatic carbocycles. The van der Waals surface area contributed by atoms with E-state index >= 15 is 0 Å². The molecule has 0 radical (unpaired) electrons. The summed E-state index contributed by atoms with van der Waals surface area (Å²) >= 11 is 4.66. The molecule has 2 aromatic carbocycles. The first-order valence-electron chi connectivity index (χ1n) is 7.14. The lowest BCUT2D eigenvalue weighted by Crippen LogP contribution is -1.90. The molecule has 0 bridgehead atoms. The summed E-state index contributed by atoms with van der Waals surface area (Å²) in [5, 5.41) is 10.9. The van der Waals surface area contributed by atoms with Crippen molar-refractivity contribution in [2.45, 2.75) is 6.92 Å². The maximum Gasteiger partial charge on any atom is 0.284 e. The number of nitrogens with zero attached hydrogens (tertiary/aromatic N) is 1. The molecule has 0 fully saturated rings. The Labute approximate surface area is 152 Å². The summed E-state index contributed by atoms with van der Waals surface area (Å²) in [6, 6.07) is 11.2. The highest BCUT2D eigenvalue weighted by atomic mass is 79.9. The number of benzene rings is 2. The quantitative estimate of drug-likeness (QED) is 0.764. The number of aryl methyl sites for hydroxylation is 1. The van der Waals surface area contributed by atoms with Crippen molar-refractivity contribution in [3.05, 3.63) is 62.5 Å². The molecule has 0 spiro atoms. The van der Waals surface area contributed by atoms with E-state index < -0.39 is 0 Å². The van der Waals surface area contributed by atoms with Crippen LogP contribution in [0.3, 0.4) is 0 Å². The number of methoxy groups -OCH3 is 1. The van der Waals surface area contributed by atoms with Crippen molar-refractivity contribution in [2.75, 3.05) is 7.11 Å². The molecule has 1 aliphatic rings. The van der Waals surface area contributed by atoms with Crippen molar-refractivity contribution in [2.24, 2.45) is 4.99 Å². The lowest BCUT2D eigenvalue weighted by Gasteiger charge is -2.07. The topological polar surface area (TPSA) is 58.9 Å². The van der Waals surface area contributed by atoms with Crippen LogP contribution in [0.2, 0.25) is 0 Å². The number of phenolic OH excluding ortho intramolecular Hbond substituents is 1. The summed E-state index contributed by atoms with van der Waals surface area (Å²) in [6.07, 6.45) is 1.63. The van der Waals surface area contributed by atoms with E-state index in [0.29, 0.717) is 21.3 Å². The van der Waals surface area contributed by atoms with Gasteiger partial charge in [-0.1, -0.05) is 57.5 Å². The maximum absolute atomic E-state index is 12.2. The van der Waals surface area contributed by atoms with Crippen molar-refractivity contribution in [1.29, 1.82) is 0 Å². The molecule has 0 saturated carbocycles. The molecule has 0 aromatic heterocycles. The first kappa shape index (κ1) is 16.8. The number of hydrogen-bond acceptors (Lipinski definition) is 4. The van der Waals surface area contributed by atoms with Crippen LogP contribution in [0.5, 0.6) is 11.5 Å². The number of thioether (sulfide) groups is 1. The molecule has 4 nitrogen and oxygen atoms in total. The van der Waals surface area contributed by atoms with E-state index in [1.807, 2.05) is 31.2 Å². The molecule has 0 unspecified atom stereocenters. The normalized spacial score (nSPS) is 15.7. The van der Waals surface area contributed by atoms with Crippen LogP contribution in [-0.4, -0.2) is 23.2 Å². The van der Waals surface area contributed by atoms with Crippen LogP contribution in [-0.2, 0) is 4.79 Å². The number of amides is 1. The van der Waals surface area contributed by atoms with Gasteiger partial charge in [-0.2, -0.15) is 0 Å². The zero-order chi connectivity index (χ0) is 17.3. The lowest BCUT2D eigenvalue weighted by molar-refractivity contribution is -0.113. The molecule has 0 saturated heterocycles. The van der Waals surface area contributed by atoms with Crippen molar-refractivity contribution in [1.82, 2.24) is 0 Å². The third kappa shape index (κ3) is 3.39. The summed E-state index contributed by atoms with van der Waals surface area (Å²) in [7, 11) is 1.48. The molecule has 0 atom stereocenters. The van der Waals surface area contributed by atoms with E-state index in [9.17, 15) is 9.90 Å². The van der Waals surface area contributed by atoms with Gasteiger partial charge in [-0.25, -0.2) is 4.99 Å². The molecule has 1 amide bonds. The molecule has 2 aromatic rings.